The molecule has 7 amide bonds. The molecule has 0 radical (unpaired) electrons. The normalized spacial score (nSPS) is 23.2. The Morgan fingerprint density at radius 3 is 2.36 bits per heavy atom. The monoisotopic (exact) mass is 907 g/mol. The van der Waals surface area contributed by atoms with Gasteiger partial charge in [0.05, 0.1) is 22.2 Å². The first-order chi connectivity index (χ1) is 30.8. The van der Waals surface area contributed by atoms with Gasteiger partial charge in [-0.2, -0.15) is 0 Å². The van der Waals surface area contributed by atoms with E-state index in [9.17, 15) is 33.6 Å². The quantitative estimate of drug-likeness (QED) is 0.0725. The molecule has 1 saturated carbocycles. The van der Waals surface area contributed by atoms with Gasteiger partial charge < -0.3 is 21.3 Å². The Bertz CT molecular complexity index is 2640. The first-order valence-corrected chi connectivity index (χ1v) is 22.2. The molecule has 5 aliphatic rings. The lowest BCUT2D eigenvalue weighted by Gasteiger charge is -2.47. The molecule has 0 bridgehead atoms. The van der Waals surface area contributed by atoms with Gasteiger partial charge in [0.15, 0.2) is 0 Å². The smallest absolute Gasteiger partial charge is 0.264 e. The number of nitrogens with zero attached hydrogens (tertiary/aromatic N) is 1. The van der Waals surface area contributed by atoms with Gasteiger partial charge in [-0.25, -0.2) is 4.39 Å². The number of fused-ring (bicyclic) bond motifs is 4. The molecule has 4 unspecified atom stereocenters. The van der Waals surface area contributed by atoms with Crippen molar-refractivity contribution in [2.24, 2.45) is 0 Å². The van der Waals surface area contributed by atoms with Gasteiger partial charge in [0.1, 0.15) is 17.3 Å². The number of halogens is 3. The molecule has 0 aromatic heterocycles. The van der Waals surface area contributed by atoms with Crippen LogP contribution in [0.4, 0.5) is 21.5 Å². The maximum absolute atomic E-state index is 16.2. The lowest BCUT2D eigenvalue weighted by atomic mass is 9.55. The standard InChI is InChI=1S/C47H44Cl2FN7O7/c48-26-14-17-30-33(24-26)54-45(64)47(30)37(29-9-6-10-31(49)38(29)50)39(56-46(47)20-2-1-3-21-46)42(61)53-27-15-12-25(13-16-27)40(59)52-23-5-4-22-51-32-11-7-8-28-36(32)44(63)57(43(28)62)34-18-19-35(58)55-41(34)60/h6-17,24,34,37,39,51,56H,1-5,18-23H2,(H,52,59)(H,53,61)(H,54,64)(H,55,58,60). The van der Waals surface area contributed by atoms with Crippen LogP contribution < -0.4 is 31.9 Å². The number of benzene rings is 4. The molecule has 3 fully saturated rings. The van der Waals surface area contributed by atoms with Gasteiger partial charge in [0.2, 0.25) is 23.6 Å². The summed E-state index contributed by atoms with van der Waals surface area (Å²) in [5.41, 5.74) is 0.618. The summed E-state index contributed by atoms with van der Waals surface area (Å²) in [5, 5.41) is 18.2. The van der Waals surface area contributed by atoms with Crippen molar-refractivity contribution in [1.29, 1.82) is 0 Å². The summed E-state index contributed by atoms with van der Waals surface area (Å²) in [4.78, 5) is 93.8. The predicted molar refractivity (Wildman–Crippen MR) is 237 cm³/mol. The van der Waals surface area contributed by atoms with Gasteiger partial charge in [-0.05, 0) is 97.8 Å². The van der Waals surface area contributed by atoms with Gasteiger partial charge in [-0.3, -0.25) is 49.1 Å². The van der Waals surface area contributed by atoms with Crippen LogP contribution in [0.15, 0.2) is 78.9 Å². The highest BCUT2D eigenvalue weighted by Crippen LogP contribution is 2.63. The maximum atomic E-state index is 16.2. The number of carbonyl (C=O) groups is 7. The van der Waals surface area contributed by atoms with E-state index in [1.165, 1.54) is 12.1 Å². The number of unbranched alkanes of at least 4 members (excludes halogenated alkanes) is 1. The zero-order valence-electron chi connectivity index (χ0n) is 34.5. The molecule has 14 nitrogen and oxygen atoms in total. The van der Waals surface area contributed by atoms with Gasteiger partial charge in [-0.1, -0.05) is 66.7 Å². The van der Waals surface area contributed by atoms with Gasteiger partial charge in [-0.15, -0.1) is 0 Å². The molecule has 4 aromatic carbocycles. The molecule has 17 heteroatoms. The summed E-state index contributed by atoms with van der Waals surface area (Å²) in [6.07, 6.45) is 5.01. The van der Waals surface area contributed by atoms with Crippen molar-refractivity contribution in [2.75, 3.05) is 29.0 Å². The van der Waals surface area contributed by atoms with Crippen LogP contribution in [0.5, 0.6) is 0 Å². The summed E-state index contributed by atoms with van der Waals surface area (Å²) in [7, 11) is 0. The zero-order chi connectivity index (χ0) is 44.9. The predicted octanol–water partition coefficient (Wildman–Crippen LogP) is 6.44. The Morgan fingerprint density at radius 1 is 0.844 bits per heavy atom. The van der Waals surface area contributed by atoms with E-state index >= 15 is 4.39 Å². The molecule has 9 rings (SSSR count). The molecule has 4 aliphatic heterocycles. The van der Waals surface area contributed by atoms with Gasteiger partial charge in [0.25, 0.3) is 17.7 Å². The van der Waals surface area contributed by atoms with Crippen LogP contribution in [0.2, 0.25) is 10.0 Å². The molecule has 4 heterocycles. The summed E-state index contributed by atoms with van der Waals surface area (Å²) >= 11 is 12.8. The third-order valence-corrected chi connectivity index (χ3v) is 13.9. The SMILES string of the molecule is O=C1CCC(N2C(=O)c3cccc(NCCCCNC(=O)c4ccc(NC(=O)C5NC6(CCCCC6)C6(C(=O)Nc7cc(Cl)ccc76)C5c5cccc(Cl)c5F)cc4)c3C2=O)C(=O)N1. The fourth-order valence-electron chi connectivity index (χ4n) is 10.6. The van der Waals surface area contributed by atoms with Crippen LogP contribution in [-0.4, -0.2) is 77.0 Å². The van der Waals surface area contributed by atoms with E-state index in [-0.39, 0.29) is 46.4 Å². The van der Waals surface area contributed by atoms with Crippen molar-refractivity contribution in [2.45, 2.75) is 86.7 Å². The molecule has 2 spiro atoms. The highest BCUT2D eigenvalue weighted by atomic mass is 35.5. The molecule has 2 saturated heterocycles. The van der Waals surface area contributed by atoms with Crippen LogP contribution in [0.1, 0.15) is 106 Å². The van der Waals surface area contributed by atoms with E-state index in [2.05, 4.69) is 31.9 Å². The summed E-state index contributed by atoms with van der Waals surface area (Å²) in [6.45, 7) is 0.767. The molecule has 6 N–H and O–H groups in total. The number of piperidine rings is 1. The number of imide groups is 2. The van der Waals surface area contributed by atoms with Crippen LogP contribution in [0.25, 0.3) is 0 Å². The summed E-state index contributed by atoms with van der Waals surface area (Å²) < 4.78 is 16.2. The minimum absolute atomic E-state index is 0.0294. The van der Waals surface area contributed by atoms with E-state index in [0.29, 0.717) is 72.0 Å². The third-order valence-electron chi connectivity index (χ3n) is 13.4. The Kier molecular flexibility index (Phi) is 11.5. The topological polar surface area (TPSA) is 195 Å². The molecule has 4 aromatic rings. The summed E-state index contributed by atoms with van der Waals surface area (Å²) in [6, 6.07) is 19.0. The highest BCUT2D eigenvalue weighted by Gasteiger charge is 2.72. The number of rotatable bonds is 11. The van der Waals surface area contributed by atoms with Crippen molar-refractivity contribution in [3.05, 3.63) is 123 Å². The minimum Gasteiger partial charge on any atom is -0.384 e. The van der Waals surface area contributed by atoms with E-state index in [0.717, 1.165) is 24.2 Å². The van der Waals surface area contributed by atoms with E-state index < -0.39 is 64.3 Å². The van der Waals surface area contributed by atoms with Crippen molar-refractivity contribution in [3.8, 4) is 0 Å². The van der Waals surface area contributed by atoms with Crippen LogP contribution in [-0.2, 0) is 24.6 Å². The maximum Gasteiger partial charge on any atom is 0.264 e. The number of anilines is 3. The Hall–Kier alpha value is -6.16. The number of amides is 7. The van der Waals surface area contributed by atoms with Crippen LogP contribution in [0, 0.1) is 5.82 Å². The van der Waals surface area contributed by atoms with Gasteiger partial charge >= 0.3 is 0 Å². The van der Waals surface area contributed by atoms with E-state index in [4.69, 9.17) is 23.2 Å². The molecular formula is C47H44Cl2FN7O7. The fraction of sp³-hybridized carbons (Fsp3) is 0.340. The average molecular weight is 909 g/mol. The van der Waals surface area contributed by atoms with Crippen LogP contribution in [0.3, 0.4) is 0 Å². The minimum atomic E-state index is -1.37. The lowest BCUT2D eigenvalue weighted by Crippen LogP contribution is -2.60. The number of hydrogen-bond acceptors (Lipinski definition) is 9. The second kappa shape index (κ2) is 17.1. The number of nitrogens with one attached hydrogen (secondary N) is 6. The second-order valence-electron chi connectivity index (χ2n) is 17.0. The van der Waals surface area contributed by atoms with Gasteiger partial charge in [0, 0.05) is 58.6 Å². The van der Waals surface area contributed by atoms with Crippen molar-refractivity contribution in [1.82, 2.24) is 20.9 Å². The van der Waals surface area contributed by atoms with E-state index in [1.54, 1.807) is 66.7 Å². The Balaban J connectivity index is 0.841. The fourth-order valence-corrected chi connectivity index (χ4v) is 10.9. The molecule has 1 aliphatic carbocycles. The summed E-state index contributed by atoms with van der Waals surface area (Å²) in [5.74, 6) is -5.14. The second-order valence-corrected chi connectivity index (χ2v) is 17.8. The number of carbonyl (C=O) groups excluding carboxylic acids is 7. The highest BCUT2D eigenvalue weighted by molar-refractivity contribution is 6.31. The molecule has 330 valence electrons. The lowest BCUT2D eigenvalue weighted by molar-refractivity contribution is -0.136. The Labute approximate surface area is 377 Å². The zero-order valence-corrected chi connectivity index (χ0v) is 36.0. The largest absolute Gasteiger partial charge is 0.384 e. The van der Waals surface area contributed by atoms with Crippen molar-refractivity contribution >= 4 is 81.6 Å². The van der Waals surface area contributed by atoms with Crippen molar-refractivity contribution in [3.63, 3.8) is 0 Å². The van der Waals surface area contributed by atoms with Crippen LogP contribution >= 0.6 is 23.2 Å². The molecular weight excluding hydrogens is 864 g/mol. The van der Waals surface area contributed by atoms with E-state index in [1.807, 2.05) is 0 Å². The Morgan fingerprint density at radius 2 is 1.59 bits per heavy atom. The first kappa shape index (κ1) is 43.1. The van der Waals surface area contributed by atoms with Crippen molar-refractivity contribution < 1.29 is 38.0 Å². The average Bonchev–Trinajstić information content (AvgIpc) is 3.84. The molecule has 64 heavy (non-hydrogen) atoms. The molecule has 4 atom stereocenters. The first-order valence-electron chi connectivity index (χ1n) is 21.5. The number of hydrogen-bond donors (Lipinski definition) is 6. The third kappa shape index (κ3) is 7.19.